The molecular formula is C28H25O2P. The van der Waals surface area contributed by atoms with Gasteiger partial charge in [-0.2, -0.15) is 0 Å². The third-order valence-electron chi connectivity index (χ3n) is 6.26. The van der Waals surface area contributed by atoms with Gasteiger partial charge < -0.3 is 4.74 Å². The number of benzene rings is 3. The third-order valence-corrected chi connectivity index (χ3v) is 8.85. The fourth-order valence-corrected chi connectivity index (χ4v) is 7.28. The smallest absolute Gasteiger partial charge is 0.153 e. The number of ether oxygens (including phenoxy) is 1. The number of allylic oxidation sites excluding steroid dienone is 3. The lowest BCUT2D eigenvalue weighted by Gasteiger charge is -2.41. The van der Waals surface area contributed by atoms with Crippen LogP contribution in [0.5, 0.6) is 5.75 Å². The summed E-state index contributed by atoms with van der Waals surface area (Å²) >= 11 is 0. The van der Waals surface area contributed by atoms with E-state index in [1.807, 2.05) is 12.1 Å². The Morgan fingerprint density at radius 2 is 1.52 bits per heavy atom. The third kappa shape index (κ3) is 3.36. The summed E-state index contributed by atoms with van der Waals surface area (Å²) in [6.07, 6.45) is 5.20. The van der Waals surface area contributed by atoms with Crippen LogP contribution in [0.2, 0.25) is 0 Å². The van der Waals surface area contributed by atoms with Gasteiger partial charge in [0, 0.05) is 21.9 Å². The number of carbonyl (C=O) groups excluding carboxylic acids is 1. The van der Waals surface area contributed by atoms with E-state index in [1.165, 1.54) is 21.5 Å². The van der Waals surface area contributed by atoms with Crippen molar-refractivity contribution in [2.24, 2.45) is 0 Å². The van der Waals surface area contributed by atoms with E-state index in [4.69, 9.17) is 4.74 Å². The molecular weight excluding hydrogens is 399 g/mol. The van der Waals surface area contributed by atoms with Gasteiger partial charge in [0.05, 0.1) is 5.56 Å². The molecule has 3 aromatic rings. The second-order valence-corrected chi connectivity index (χ2v) is 10.8. The highest BCUT2D eigenvalue weighted by atomic mass is 31.1. The Bertz CT molecular complexity index is 1150. The summed E-state index contributed by atoms with van der Waals surface area (Å²) in [5.74, 6) is 1.68. The van der Waals surface area contributed by atoms with E-state index in [0.717, 1.165) is 30.5 Å². The normalized spacial score (nSPS) is 16.8. The Labute approximate surface area is 185 Å². The van der Waals surface area contributed by atoms with Crippen molar-refractivity contribution in [3.63, 3.8) is 0 Å². The van der Waals surface area contributed by atoms with Crippen LogP contribution >= 0.6 is 7.92 Å². The van der Waals surface area contributed by atoms with Gasteiger partial charge >= 0.3 is 0 Å². The monoisotopic (exact) mass is 424 g/mol. The second-order valence-electron chi connectivity index (χ2n) is 8.51. The summed E-state index contributed by atoms with van der Waals surface area (Å²) in [6.45, 7) is 4.48. The summed E-state index contributed by atoms with van der Waals surface area (Å²) < 4.78 is 6.63. The Balaban J connectivity index is 1.76. The molecule has 0 atom stereocenters. The lowest BCUT2D eigenvalue weighted by atomic mass is 9.72. The molecule has 3 heteroatoms. The molecule has 1 heterocycles. The lowest BCUT2D eigenvalue weighted by Crippen LogP contribution is -2.32. The van der Waals surface area contributed by atoms with Crippen LogP contribution in [-0.4, -0.2) is 6.29 Å². The zero-order chi connectivity index (χ0) is 21.4. The molecule has 0 unspecified atom stereocenters. The standard InChI is InChI=1S/C28H25O2P/c1-28(2)23-16-9-11-20(19-29)26(23)30-27-24(28)17-10-18-25(27)31(21-12-5-3-6-13-21)22-14-7-4-8-15-22/h3-9,11-17,19H,10,18H2,1-2H3. The molecule has 154 valence electrons. The van der Waals surface area contributed by atoms with Crippen LogP contribution < -0.4 is 15.3 Å². The largest absolute Gasteiger partial charge is 0.456 e. The molecule has 3 aromatic carbocycles. The van der Waals surface area contributed by atoms with E-state index < -0.39 is 7.92 Å². The van der Waals surface area contributed by atoms with Crippen LogP contribution in [-0.2, 0) is 5.41 Å². The number of aldehydes is 1. The molecule has 0 amide bonds. The predicted octanol–water partition coefficient (Wildman–Crippen LogP) is 6.23. The first-order chi connectivity index (χ1) is 15.1. The molecule has 0 saturated carbocycles. The van der Waals surface area contributed by atoms with Crippen molar-refractivity contribution < 1.29 is 9.53 Å². The van der Waals surface area contributed by atoms with Crippen LogP contribution in [0.3, 0.4) is 0 Å². The number of rotatable bonds is 4. The van der Waals surface area contributed by atoms with Crippen LogP contribution in [0.25, 0.3) is 0 Å². The first kappa shape index (κ1) is 20.0. The van der Waals surface area contributed by atoms with E-state index in [-0.39, 0.29) is 5.41 Å². The van der Waals surface area contributed by atoms with Gasteiger partial charge in [-0.25, -0.2) is 0 Å². The van der Waals surface area contributed by atoms with Crippen molar-refractivity contribution >= 4 is 24.8 Å². The van der Waals surface area contributed by atoms with Gasteiger partial charge in [-0.05, 0) is 37.4 Å². The fourth-order valence-electron chi connectivity index (χ4n) is 4.70. The maximum Gasteiger partial charge on any atom is 0.153 e. The Morgan fingerprint density at radius 1 is 0.871 bits per heavy atom. The molecule has 0 N–H and O–H groups in total. The molecule has 2 aliphatic rings. The summed E-state index contributed by atoms with van der Waals surface area (Å²) in [7, 11) is -0.732. The maximum absolute atomic E-state index is 11.8. The van der Waals surface area contributed by atoms with Crippen LogP contribution in [0.4, 0.5) is 0 Å². The van der Waals surface area contributed by atoms with Gasteiger partial charge in [-0.3, -0.25) is 4.79 Å². The van der Waals surface area contributed by atoms with Gasteiger partial charge in [-0.1, -0.05) is 92.7 Å². The van der Waals surface area contributed by atoms with Crippen molar-refractivity contribution in [3.05, 3.63) is 113 Å². The van der Waals surface area contributed by atoms with Gasteiger partial charge in [0.15, 0.2) is 6.29 Å². The van der Waals surface area contributed by atoms with E-state index in [1.54, 1.807) is 0 Å². The maximum atomic E-state index is 11.8. The second kappa shape index (κ2) is 7.94. The van der Waals surface area contributed by atoms with Gasteiger partial charge in [0.2, 0.25) is 0 Å². The van der Waals surface area contributed by atoms with Crippen molar-refractivity contribution in [3.8, 4) is 5.75 Å². The first-order valence-corrected chi connectivity index (χ1v) is 12.1. The van der Waals surface area contributed by atoms with E-state index in [2.05, 4.69) is 86.7 Å². The topological polar surface area (TPSA) is 26.3 Å². The Morgan fingerprint density at radius 3 is 2.13 bits per heavy atom. The summed E-state index contributed by atoms with van der Waals surface area (Å²) in [5.41, 5.74) is 2.72. The highest BCUT2D eigenvalue weighted by Crippen LogP contribution is 2.56. The zero-order valence-corrected chi connectivity index (χ0v) is 18.7. The first-order valence-electron chi connectivity index (χ1n) is 10.7. The van der Waals surface area contributed by atoms with Crippen molar-refractivity contribution in [2.75, 3.05) is 0 Å². The highest BCUT2D eigenvalue weighted by molar-refractivity contribution is 7.76. The molecule has 0 radical (unpaired) electrons. The quantitative estimate of drug-likeness (QED) is 0.366. The van der Waals surface area contributed by atoms with Crippen LogP contribution in [0.15, 0.2) is 102 Å². The number of hydrogen-bond donors (Lipinski definition) is 0. The molecule has 31 heavy (non-hydrogen) atoms. The van der Waals surface area contributed by atoms with Gasteiger partial charge in [0.1, 0.15) is 11.5 Å². The molecule has 0 fully saturated rings. The number of para-hydroxylation sites is 1. The Kier molecular flexibility index (Phi) is 5.12. The summed E-state index contributed by atoms with van der Waals surface area (Å²) in [5, 5.41) is 4.00. The minimum absolute atomic E-state index is 0.220. The molecule has 1 aliphatic carbocycles. The number of carbonyl (C=O) groups is 1. The fraction of sp³-hybridized carbons (Fsp3) is 0.179. The highest BCUT2D eigenvalue weighted by Gasteiger charge is 2.41. The molecule has 0 bridgehead atoms. The summed E-state index contributed by atoms with van der Waals surface area (Å²) in [4.78, 5) is 11.8. The van der Waals surface area contributed by atoms with Crippen molar-refractivity contribution in [1.82, 2.24) is 0 Å². The van der Waals surface area contributed by atoms with Gasteiger partial charge in [-0.15, -0.1) is 0 Å². The number of hydrogen-bond acceptors (Lipinski definition) is 2. The molecule has 0 spiro atoms. The van der Waals surface area contributed by atoms with E-state index in [9.17, 15) is 4.79 Å². The summed E-state index contributed by atoms with van der Waals surface area (Å²) in [6, 6.07) is 27.4. The van der Waals surface area contributed by atoms with E-state index in [0.29, 0.717) is 11.3 Å². The van der Waals surface area contributed by atoms with Crippen LogP contribution in [0.1, 0.15) is 42.6 Å². The molecule has 0 aromatic heterocycles. The average Bonchev–Trinajstić information content (AvgIpc) is 2.81. The average molecular weight is 424 g/mol. The minimum Gasteiger partial charge on any atom is -0.456 e. The predicted molar refractivity (Wildman–Crippen MR) is 129 cm³/mol. The van der Waals surface area contributed by atoms with Crippen molar-refractivity contribution in [2.45, 2.75) is 32.1 Å². The molecule has 1 aliphatic heterocycles. The molecule has 5 rings (SSSR count). The Hall–Kier alpha value is -2.96. The zero-order valence-electron chi connectivity index (χ0n) is 17.8. The van der Waals surface area contributed by atoms with Crippen molar-refractivity contribution in [1.29, 1.82) is 0 Å². The SMILES string of the molecule is CC1(C)C2=CCCC(P(c3ccccc3)c3ccccc3)=C2Oc2c(C=O)cccc21. The number of fused-ring (bicyclic) bond motifs is 2. The van der Waals surface area contributed by atoms with Gasteiger partial charge in [0.25, 0.3) is 0 Å². The minimum atomic E-state index is -0.732. The molecule has 0 saturated heterocycles. The molecule has 2 nitrogen and oxygen atoms in total. The lowest BCUT2D eigenvalue weighted by molar-refractivity contribution is 0.112. The van der Waals surface area contributed by atoms with Crippen LogP contribution in [0, 0.1) is 0 Å². The van der Waals surface area contributed by atoms with E-state index >= 15 is 0 Å².